The van der Waals surface area contributed by atoms with Crippen molar-refractivity contribution in [3.05, 3.63) is 206 Å². The van der Waals surface area contributed by atoms with E-state index in [9.17, 15) is 0 Å². The molecule has 250 valence electrons. The minimum absolute atomic E-state index is 1.22. The molecule has 0 fully saturated rings. The van der Waals surface area contributed by atoms with Gasteiger partial charge in [-0.2, -0.15) is 0 Å². The maximum absolute atomic E-state index is 2.48. The summed E-state index contributed by atoms with van der Waals surface area (Å²) in [7, 11) is 0. The highest BCUT2D eigenvalue weighted by Gasteiger charge is 2.21. The molecule has 11 aromatic rings. The van der Waals surface area contributed by atoms with E-state index in [1.54, 1.807) is 0 Å². The second-order valence-electron chi connectivity index (χ2n) is 14.4. The molecule has 0 heteroatoms. The maximum Gasteiger partial charge on any atom is -0.00259 e. The summed E-state index contributed by atoms with van der Waals surface area (Å²) >= 11 is 0. The summed E-state index contributed by atoms with van der Waals surface area (Å²) in [6.45, 7) is 0. The molecule has 11 aromatic carbocycles. The van der Waals surface area contributed by atoms with Crippen LogP contribution in [0.4, 0.5) is 0 Å². The normalized spacial score (nSPS) is 11.7. The second-order valence-corrected chi connectivity index (χ2v) is 14.4. The third kappa shape index (κ3) is 4.78. The molecule has 0 saturated heterocycles. The van der Waals surface area contributed by atoms with Crippen molar-refractivity contribution in [1.29, 1.82) is 0 Å². The Morgan fingerprint density at radius 2 is 0.481 bits per heavy atom. The minimum atomic E-state index is 1.22. The van der Waals surface area contributed by atoms with Crippen LogP contribution >= 0.6 is 0 Å². The van der Waals surface area contributed by atoms with Gasteiger partial charge in [-0.15, -0.1) is 0 Å². The number of rotatable bonds is 4. The van der Waals surface area contributed by atoms with Crippen molar-refractivity contribution in [3.8, 4) is 44.5 Å². The molecule has 0 nitrogen and oxygen atoms in total. The van der Waals surface area contributed by atoms with Gasteiger partial charge in [-0.3, -0.25) is 0 Å². The van der Waals surface area contributed by atoms with Gasteiger partial charge in [0.25, 0.3) is 0 Å². The van der Waals surface area contributed by atoms with Crippen LogP contribution in [-0.4, -0.2) is 0 Å². The predicted molar refractivity (Wildman–Crippen MR) is 233 cm³/mol. The van der Waals surface area contributed by atoms with Gasteiger partial charge in [0.05, 0.1) is 0 Å². The van der Waals surface area contributed by atoms with Crippen molar-refractivity contribution >= 4 is 64.6 Å². The predicted octanol–water partition coefficient (Wildman–Crippen LogP) is 15.3. The molecule has 0 atom stereocenters. The first-order chi connectivity index (χ1) is 26.8. The van der Waals surface area contributed by atoms with Crippen LogP contribution in [-0.2, 0) is 0 Å². The van der Waals surface area contributed by atoms with E-state index < -0.39 is 0 Å². The lowest BCUT2D eigenvalue weighted by molar-refractivity contribution is 1.65. The van der Waals surface area contributed by atoms with Crippen molar-refractivity contribution in [2.24, 2.45) is 0 Å². The van der Waals surface area contributed by atoms with E-state index in [0.717, 1.165) is 0 Å². The Labute approximate surface area is 314 Å². The molecule has 0 aliphatic carbocycles. The van der Waals surface area contributed by atoms with Gasteiger partial charge >= 0.3 is 0 Å². The molecule has 0 heterocycles. The lowest BCUT2D eigenvalue weighted by Gasteiger charge is -2.21. The molecular formula is C54H34. The minimum Gasteiger partial charge on any atom is -0.0622 e. The van der Waals surface area contributed by atoms with Crippen molar-refractivity contribution in [1.82, 2.24) is 0 Å². The Bertz CT molecular complexity index is 3200. The third-order valence-corrected chi connectivity index (χ3v) is 11.4. The van der Waals surface area contributed by atoms with Gasteiger partial charge in [-0.1, -0.05) is 188 Å². The fourth-order valence-electron chi connectivity index (χ4n) is 9.00. The van der Waals surface area contributed by atoms with Crippen LogP contribution in [0.1, 0.15) is 0 Å². The zero-order valence-corrected chi connectivity index (χ0v) is 29.6. The molecule has 0 aromatic heterocycles. The van der Waals surface area contributed by atoms with Crippen LogP contribution in [0.3, 0.4) is 0 Å². The van der Waals surface area contributed by atoms with Gasteiger partial charge < -0.3 is 0 Å². The van der Waals surface area contributed by atoms with Gasteiger partial charge in [0.2, 0.25) is 0 Å². The van der Waals surface area contributed by atoms with Gasteiger partial charge in [0, 0.05) is 0 Å². The summed E-state index contributed by atoms with van der Waals surface area (Å²) in [5.41, 5.74) is 10.0. The Kier molecular flexibility index (Phi) is 6.97. The standard InChI is InChI=1S/C54H34/c1-2-16-37(17-3-1)51-43-20-8-10-22-45(43)53(46-23-11-9-21-44(46)51)42-30-31-49-50(34-42)54(41-29-27-36-15-5-7-19-39(36)33-41)48-25-13-12-24-47(48)52(49)40-28-26-35-14-4-6-18-38(35)32-40/h1-34H. The molecule has 0 unspecified atom stereocenters. The fourth-order valence-corrected chi connectivity index (χ4v) is 9.00. The zero-order chi connectivity index (χ0) is 35.6. The first kappa shape index (κ1) is 30.6. The molecule has 0 radical (unpaired) electrons. The Morgan fingerprint density at radius 1 is 0.167 bits per heavy atom. The number of hydrogen-bond acceptors (Lipinski definition) is 0. The molecule has 0 N–H and O–H groups in total. The molecular weight excluding hydrogens is 649 g/mol. The average Bonchev–Trinajstić information content (AvgIpc) is 3.24. The molecule has 0 amide bonds. The summed E-state index contributed by atoms with van der Waals surface area (Å²) < 4.78 is 0. The van der Waals surface area contributed by atoms with E-state index >= 15 is 0 Å². The highest BCUT2D eigenvalue weighted by atomic mass is 14.2. The second kappa shape index (κ2) is 12.3. The zero-order valence-electron chi connectivity index (χ0n) is 29.6. The van der Waals surface area contributed by atoms with Crippen LogP contribution in [0.2, 0.25) is 0 Å². The molecule has 54 heavy (non-hydrogen) atoms. The Balaban J connectivity index is 1.28. The summed E-state index contributed by atoms with van der Waals surface area (Å²) in [6.07, 6.45) is 0. The summed E-state index contributed by atoms with van der Waals surface area (Å²) in [5.74, 6) is 0. The quantitative estimate of drug-likeness (QED) is 0.162. The van der Waals surface area contributed by atoms with E-state index in [1.165, 1.54) is 109 Å². The highest BCUT2D eigenvalue weighted by molar-refractivity contribution is 6.25. The van der Waals surface area contributed by atoms with E-state index in [0.29, 0.717) is 0 Å². The van der Waals surface area contributed by atoms with E-state index in [1.807, 2.05) is 0 Å². The van der Waals surface area contributed by atoms with Crippen LogP contribution in [0.25, 0.3) is 109 Å². The molecule has 0 bridgehead atoms. The van der Waals surface area contributed by atoms with Gasteiger partial charge in [-0.05, 0) is 127 Å². The lowest BCUT2D eigenvalue weighted by Crippen LogP contribution is -1.93. The van der Waals surface area contributed by atoms with Gasteiger partial charge in [0.15, 0.2) is 0 Å². The van der Waals surface area contributed by atoms with Crippen LogP contribution in [0, 0.1) is 0 Å². The van der Waals surface area contributed by atoms with E-state index in [4.69, 9.17) is 0 Å². The Hall–Kier alpha value is -7.02. The molecule has 11 rings (SSSR count). The number of fused-ring (bicyclic) bond motifs is 6. The molecule has 0 spiro atoms. The fraction of sp³-hybridized carbons (Fsp3) is 0. The summed E-state index contributed by atoms with van der Waals surface area (Å²) in [6, 6.07) is 76.2. The van der Waals surface area contributed by atoms with Crippen molar-refractivity contribution in [3.63, 3.8) is 0 Å². The van der Waals surface area contributed by atoms with Crippen LogP contribution in [0.5, 0.6) is 0 Å². The van der Waals surface area contributed by atoms with Crippen LogP contribution < -0.4 is 0 Å². The average molecular weight is 683 g/mol. The van der Waals surface area contributed by atoms with Crippen molar-refractivity contribution in [2.75, 3.05) is 0 Å². The van der Waals surface area contributed by atoms with Gasteiger partial charge in [-0.25, -0.2) is 0 Å². The molecule has 0 aliphatic heterocycles. The summed E-state index contributed by atoms with van der Waals surface area (Å²) in [5, 5.41) is 15.1. The van der Waals surface area contributed by atoms with E-state index in [-0.39, 0.29) is 0 Å². The summed E-state index contributed by atoms with van der Waals surface area (Å²) in [4.78, 5) is 0. The van der Waals surface area contributed by atoms with Crippen LogP contribution in [0.15, 0.2) is 206 Å². The number of hydrogen-bond donors (Lipinski definition) is 0. The highest BCUT2D eigenvalue weighted by Crippen LogP contribution is 2.48. The molecule has 0 aliphatic rings. The first-order valence-electron chi connectivity index (χ1n) is 18.8. The monoisotopic (exact) mass is 682 g/mol. The van der Waals surface area contributed by atoms with Crippen molar-refractivity contribution in [2.45, 2.75) is 0 Å². The smallest absolute Gasteiger partial charge is 0.00259 e. The first-order valence-corrected chi connectivity index (χ1v) is 18.8. The van der Waals surface area contributed by atoms with E-state index in [2.05, 4.69) is 206 Å². The third-order valence-electron chi connectivity index (χ3n) is 11.4. The maximum atomic E-state index is 2.48. The largest absolute Gasteiger partial charge is 0.0622 e. The SMILES string of the molecule is c1ccc(-c2c3ccccc3c(-c3ccc4c(-c5ccc6ccccc6c5)c5ccccc5c(-c5ccc6ccccc6c5)c4c3)c3ccccc23)cc1. The topological polar surface area (TPSA) is 0 Å². The molecule has 0 saturated carbocycles. The van der Waals surface area contributed by atoms with Crippen molar-refractivity contribution < 1.29 is 0 Å². The number of benzene rings is 11. The van der Waals surface area contributed by atoms with Gasteiger partial charge in [0.1, 0.15) is 0 Å². The Morgan fingerprint density at radius 3 is 0.944 bits per heavy atom. The lowest BCUT2D eigenvalue weighted by atomic mass is 9.82.